The minimum atomic E-state index is -4.56. The van der Waals surface area contributed by atoms with Crippen molar-refractivity contribution in [2.75, 3.05) is 17.0 Å². The molecule has 0 fully saturated rings. The molecule has 0 unspecified atom stereocenters. The third kappa shape index (κ3) is 7.22. The summed E-state index contributed by atoms with van der Waals surface area (Å²) in [6.07, 6.45) is -3.59. The molecule has 0 aliphatic rings. The van der Waals surface area contributed by atoms with Crippen LogP contribution in [0.2, 0.25) is 0 Å². The van der Waals surface area contributed by atoms with Gasteiger partial charge in [-0.15, -0.1) is 0 Å². The number of hydrazine groups is 1. The number of amides is 2. The number of halogens is 5. The number of hydrogen-bond donors (Lipinski definition) is 3. The Morgan fingerprint density at radius 1 is 0.881 bits per heavy atom. The Morgan fingerprint density at radius 3 is 2.12 bits per heavy atom. The summed E-state index contributed by atoms with van der Waals surface area (Å²) in [6.45, 7) is -0.105. The van der Waals surface area contributed by atoms with Crippen molar-refractivity contribution in [3.05, 3.63) is 113 Å². The Labute approximate surface area is 238 Å². The SMILES string of the molecule is CS(=O)(=O)c1ccccc1-c1cc(F)c(NC(=O)N(Cc2ccc(C(F)(F)F)cc2)Nc2cccc(CN)c2)c(F)c1. The van der Waals surface area contributed by atoms with E-state index in [-0.39, 0.29) is 34.7 Å². The molecule has 0 saturated heterocycles. The largest absolute Gasteiger partial charge is 0.416 e. The molecule has 0 spiro atoms. The first-order valence-corrected chi connectivity index (χ1v) is 14.2. The molecule has 13 heteroatoms. The highest BCUT2D eigenvalue weighted by atomic mass is 32.2. The van der Waals surface area contributed by atoms with Crippen LogP contribution in [0.4, 0.5) is 38.1 Å². The van der Waals surface area contributed by atoms with Crippen LogP contribution in [-0.4, -0.2) is 25.7 Å². The van der Waals surface area contributed by atoms with Crippen molar-refractivity contribution >= 4 is 27.2 Å². The third-order valence-electron chi connectivity index (χ3n) is 6.17. The van der Waals surface area contributed by atoms with Crippen LogP contribution in [0.1, 0.15) is 16.7 Å². The molecule has 0 heterocycles. The highest BCUT2D eigenvalue weighted by Gasteiger charge is 2.30. The number of anilines is 2. The van der Waals surface area contributed by atoms with Gasteiger partial charge in [0.15, 0.2) is 9.84 Å². The standard InChI is InChI=1S/C29H25F5N4O3S/c1-42(40,41)26-8-3-2-7-23(26)20-14-24(30)27(25(31)15-20)36-28(39)38(37-22-6-4-5-19(13-22)16-35)17-18-9-11-21(12-10-18)29(32,33)34/h2-15,37H,16-17,35H2,1H3,(H,36,39). The normalized spacial score (nSPS) is 11.7. The zero-order valence-electron chi connectivity index (χ0n) is 22.0. The molecule has 0 aliphatic heterocycles. The van der Waals surface area contributed by atoms with E-state index in [0.29, 0.717) is 11.3 Å². The number of carbonyl (C=O) groups excluding carboxylic acids is 1. The van der Waals surface area contributed by atoms with Gasteiger partial charge in [-0.05, 0) is 59.2 Å². The van der Waals surface area contributed by atoms with Gasteiger partial charge in [0.05, 0.1) is 22.7 Å². The molecular formula is C29H25F5N4O3S. The molecule has 0 bridgehead atoms. The first-order valence-electron chi connectivity index (χ1n) is 12.3. The van der Waals surface area contributed by atoms with Gasteiger partial charge in [-0.25, -0.2) is 27.0 Å². The lowest BCUT2D eigenvalue weighted by Gasteiger charge is -2.25. The van der Waals surface area contributed by atoms with E-state index in [2.05, 4.69) is 10.7 Å². The minimum absolute atomic E-state index is 0.0673. The zero-order valence-corrected chi connectivity index (χ0v) is 22.9. The predicted molar refractivity (Wildman–Crippen MR) is 149 cm³/mol. The van der Waals surface area contributed by atoms with E-state index in [1.807, 2.05) is 0 Å². The Morgan fingerprint density at radius 2 is 1.52 bits per heavy atom. The van der Waals surface area contributed by atoms with E-state index < -0.39 is 44.9 Å². The number of rotatable bonds is 8. The average Bonchev–Trinajstić information content (AvgIpc) is 2.94. The quantitative estimate of drug-likeness (QED) is 0.156. The van der Waals surface area contributed by atoms with Gasteiger partial charge in [-0.2, -0.15) is 13.2 Å². The number of nitrogens with two attached hydrogens (primary N) is 1. The van der Waals surface area contributed by atoms with Gasteiger partial charge in [-0.3, -0.25) is 5.43 Å². The number of alkyl halides is 3. The topological polar surface area (TPSA) is 105 Å². The van der Waals surface area contributed by atoms with Crippen molar-refractivity contribution in [2.24, 2.45) is 5.73 Å². The van der Waals surface area contributed by atoms with Gasteiger partial charge in [0.1, 0.15) is 17.3 Å². The van der Waals surface area contributed by atoms with Gasteiger partial charge in [0.25, 0.3) is 0 Å². The maximum absolute atomic E-state index is 15.2. The second-order valence-electron chi connectivity index (χ2n) is 9.31. The highest BCUT2D eigenvalue weighted by Crippen LogP contribution is 2.32. The van der Waals surface area contributed by atoms with Crippen molar-refractivity contribution in [3.8, 4) is 11.1 Å². The molecule has 42 heavy (non-hydrogen) atoms. The molecular weight excluding hydrogens is 579 g/mol. The highest BCUT2D eigenvalue weighted by molar-refractivity contribution is 7.90. The second-order valence-corrected chi connectivity index (χ2v) is 11.3. The zero-order chi connectivity index (χ0) is 30.7. The van der Waals surface area contributed by atoms with Crippen molar-refractivity contribution in [1.82, 2.24) is 5.01 Å². The van der Waals surface area contributed by atoms with Crippen LogP contribution in [0.5, 0.6) is 0 Å². The molecule has 0 aliphatic carbocycles. The van der Waals surface area contributed by atoms with Crippen molar-refractivity contribution in [1.29, 1.82) is 0 Å². The van der Waals surface area contributed by atoms with E-state index >= 15 is 8.78 Å². The van der Waals surface area contributed by atoms with Crippen LogP contribution >= 0.6 is 0 Å². The molecule has 0 radical (unpaired) electrons. The number of benzene rings is 4. The average molecular weight is 605 g/mol. The summed E-state index contributed by atoms with van der Waals surface area (Å²) in [5, 5.41) is 3.09. The summed E-state index contributed by atoms with van der Waals surface area (Å²) in [6, 6.07) is 17.1. The number of urea groups is 1. The lowest BCUT2D eigenvalue weighted by molar-refractivity contribution is -0.137. The number of sulfone groups is 1. The monoisotopic (exact) mass is 604 g/mol. The number of carbonyl (C=O) groups is 1. The minimum Gasteiger partial charge on any atom is -0.326 e. The molecule has 220 valence electrons. The van der Waals surface area contributed by atoms with Gasteiger partial charge >= 0.3 is 12.2 Å². The molecule has 4 aromatic rings. The van der Waals surface area contributed by atoms with Gasteiger partial charge in [0, 0.05) is 18.4 Å². The Bertz CT molecular complexity index is 1690. The molecule has 4 N–H and O–H groups in total. The summed E-state index contributed by atoms with van der Waals surface area (Å²) in [5.41, 5.74) is 8.16. The Balaban J connectivity index is 1.65. The molecule has 0 saturated carbocycles. The summed E-state index contributed by atoms with van der Waals surface area (Å²) in [4.78, 5) is 13.1. The molecule has 4 rings (SSSR count). The summed E-state index contributed by atoms with van der Waals surface area (Å²) >= 11 is 0. The fourth-order valence-corrected chi connectivity index (χ4v) is 5.03. The van der Waals surface area contributed by atoms with Crippen LogP contribution in [0, 0.1) is 11.6 Å². The fourth-order valence-electron chi connectivity index (χ4n) is 4.12. The van der Waals surface area contributed by atoms with E-state index in [1.165, 1.54) is 36.4 Å². The lowest BCUT2D eigenvalue weighted by atomic mass is 10.0. The van der Waals surface area contributed by atoms with Crippen LogP contribution in [0.25, 0.3) is 11.1 Å². The van der Waals surface area contributed by atoms with Crippen LogP contribution < -0.4 is 16.5 Å². The molecule has 7 nitrogen and oxygen atoms in total. The van der Waals surface area contributed by atoms with E-state index in [0.717, 1.165) is 35.5 Å². The van der Waals surface area contributed by atoms with Gasteiger partial charge in [-0.1, -0.05) is 42.5 Å². The molecule has 2 amide bonds. The van der Waals surface area contributed by atoms with E-state index in [9.17, 15) is 26.4 Å². The van der Waals surface area contributed by atoms with E-state index in [1.54, 1.807) is 24.3 Å². The Hall–Kier alpha value is -4.49. The lowest BCUT2D eigenvalue weighted by Crippen LogP contribution is -2.39. The first kappa shape index (κ1) is 30.5. The van der Waals surface area contributed by atoms with E-state index in [4.69, 9.17) is 5.73 Å². The summed E-state index contributed by atoms with van der Waals surface area (Å²) in [7, 11) is -3.72. The summed E-state index contributed by atoms with van der Waals surface area (Å²) < 4.78 is 93.8. The molecule has 4 aromatic carbocycles. The fraction of sp³-hybridized carbons (Fsp3) is 0.138. The Kier molecular flexibility index (Phi) is 8.83. The maximum atomic E-state index is 15.2. The smallest absolute Gasteiger partial charge is 0.326 e. The van der Waals surface area contributed by atoms with Gasteiger partial charge < -0.3 is 11.1 Å². The van der Waals surface area contributed by atoms with Crippen molar-refractivity contribution < 1.29 is 35.2 Å². The predicted octanol–water partition coefficient (Wildman–Crippen LogP) is 6.57. The molecule has 0 aromatic heterocycles. The van der Waals surface area contributed by atoms with Crippen LogP contribution in [0.15, 0.2) is 89.8 Å². The number of nitrogens with zero attached hydrogens (tertiary/aromatic N) is 1. The van der Waals surface area contributed by atoms with Crippen molar-refractivity contribution in [2.45, 2.75) is 24.2 Å². The third-order valence-corrected chi connectivity index (χ3v) is 7.32. The maximum Gasteiger partial charge on any atom is 0.416 e. The van der Waals surface area contributed by atoms with Crippen LogP contribution in [-0.2, 0) is 29.1 Å². The summed E-state index contributed by atoms with van der Waals surface area (Å²) in [5.74, 6) is -2.36. The number of nitrogens with one attached hydrogen (secondary N) is 2. The van der Waals surface area contributed by atoms with Gasteiger partial charge in [0.2, 0.25) is 0 Å². The second kappa shape index (κ2) is 12.2. The van der Waals surface area contributed by atoms with Crippen molar-refractivity contribution in [3.63, 3.8) is 0 Å². The number of hydrogen-bond acceptors (Lipinski definition) is 5. The first-order chi connectivity index (χ1) is 19.8. The molecule has 0 atom stereocenters. The van der Waals surface area contributed by atoms with Crippen LogP contribution in [0.3, 0.4) is 0 Å².